The molecule has 0 radical (unpaired) electrons. The summed E-state index contributed by atoms with van der Waals surface area (Å²) in [6, 6.07) is 18.0. The minimum absolute atomic E-state index is 0.903. The molecule has 0 fully saturated rings. The smallest absolute Gasteiger partial charge is 0.113 e. The van der Waals surface area contributed by atoms with E-state index in [9.17, 15) is 0 Å². The van der Waals surface area contributed by atoms with Crippen LogP contribution in [0.15, 0.2) is 67.1 Å². The van der Waals surface area contributed by atoms with Crippen LogP contribution in [0.2, 0.25) is 0 Å². The van der Waals surface area contributed by atoms with Gasteiger partial charge in [-0.2, -0.15) is 0 Å². The van der Waals surface area contributed by atoms with Crippen LogP contribution in [0.4, 0.5) is 0 Å². The van der Waals surface area contributed by atoms with Gasteiger partial charge in [-0.15, -0.1) is 5.10 Å². The summed E-state index contributed by atoms with van der Waals surface area (Å²) in [5, 5.41) is 7.99. The number of rotatable bonds is 1. The number of aromatic nitrogens is 5. The number of aromatic amines is 1. The molecule has 0 aliphatic heterocycles. The molecule has 5 heteroatoms. The highest BCUT2D eigenvalue weighted by atomic mass is 15.4. The first kappa shape index (κ1) is 13.1. The third-order valence-corrected chi connectivity index (χ3v) is 3.09. The lowest BCUT2D eigenvalue weighted by Gasteiger charge is -1.97. The summed E-state index contributed by atoms with van der Waals surface area (Å²) in [6.07, 6.45) is 3.46. The molecule has 2 heterocycles. The molecule has 2 aromatic heterocycles. The Hall–Kier alpha value is -2.95. The average molecular weight is 277 g/mol. The van der Waals surface area contributed by atoms with E-state index in [0.717, 1.165) is 22.3 Å². The summed E-state index contributed by atoms with van der Waals surface area (Å²) in [5.74, 6) is 0. The third-order valence-electron chi connectivity index (χ3n) is 3.09. The lowest BCUT2D eigenvalue weighted by atomic mass is 10.1. The Morgan fingerprint density at radius 1 is 1.00 bits per heavy atom. The molecule has 0 spiro atoms. The zero-order chi connectivity index (χ0) is 14.5. The fraction of sp³-hybridized carbons (Fsp3) is 0.0625. The van der Waals surface area contributed by atoms with Crippen molar-refractivity contribution in [1.29, 1.82) is 0 Å². The van der Waals surface area contributed by atoms with Gasteiger partial charge in [-0.1, -0.05) is 47.7 Å². The number of nitrogens with zero attached hydrogens (tertiary/aromatic N) is 4. The van der Waals surface area contributed by atoms with Gasteiger partial charge in [0.25, 0.3) is 0 Å². The first-order valence-corrected chi connectivity index (χ1v) is 6.63. The summed E-state index contributed by atoms with van der Waals surface area (Å²) < 4.78 is 1.76. The highest BCUT2D eigenvalue weighted by Gasteiger charge is 2.04. The van der Waals surface area contributed by atoms with Crippen molar-refractivity contribution in [2.75, 3.05) is 0 Å². The molecule has 0 bridgehead atoms. The molecule has 4 aromatic rings. The van der Waals surface area contributed by atoms with Crippen LogP contribution in [0.5, 0.6) is 0 Å². The standard InChI is InChI=1S/C10H9N5.C6H6/c1-15-10-4-7(9-5-11-6-12-9)2-3-8(10)13-14-15;1-2-4-6-5-3-1/h2-6H,1H3,(H,11,12);1-6H. The molecule has 0 atom stereocenters. The summed E-state index contributed by atoms with van der Waals surface area (Å²) in [5.41, 5.74) is 4.01. The van der Waals surface area contributed by atoms with Crippen molar-refractivity contribution in [1.82, 2.24) is 25.0 Å². The number of aryl methyl sites for hydroxylation is 1. The molecular weight excluding hydrogens is 262 g/mol. The van der Waals surface area contributed by atoms with Crippen molar-refractivity contribution in [3.05, 3.63) is 67.1 Å². The van der Waals surface area contributed by atoms with Crippen LogP contribution in [-0.4, -0.2) is 25.0 Å². The molecule has 0 unspecified atom stereocenters. The second-order valence-corrected chi connectivity index (χ2v) is 4.54. The molecule has 5 nitrogen and oxygen atoms in total. The predicted molar refractivity (Wildman–Crippen MR) is 82.5 cm³/mol. The maximum atomic E-state index is 4.03. The Labute approximate surface area is 122 Å². The second kappa shape index (κ2) is 6.00. The van der Waals surface area contributed by atoms with Gasteiger partial charge in [0.15, 0.2) is 0 Å². The van der Waals surface area contributed by atoms with E-state index in [2.05, 4.69) is 20.3 Å². The molecule has 2 aromatic carbocycles. The summed E-state index contributed by atoms with van der Waals surface area (Å²) in [6.45, 7) is 0. The summed E-state index contributed by atoms with van der Waals surface area (Å²) in [7, 11) is 1.88. The lowest BCUT2D eigenvalue weighted by molar-refractivity contribution is 0.736. The van der Waals surface area contributed by atoms with Crippen LogP contribution in [0.1, 0.15) is 0 Å². The van der Waals surface area contributed by atoms with Crippen LogP contribution in [0, 0.1) is 0 Å². The van der Waals surface area contributed by atoms with Gasteiger partial charge >= 0.3 is 0 Å². The summed E-state index contributed by atoms with van der Waals surface area (Å²) in [4.78, 5) is 7.06. The Morgan fingerprint density at radius 2 is 1.71 bits per heavy atom. The largest absolute Gasteiger partial charge is 0.345 e. The zero-order valence-corrected chi connectivity index (χ0v) is 11.6. The molecule has 21 heavy (non-hydrogen) atoms. The van der Waals surface area contributed by atoms with Crippen molar-refractivity contribution in [3.63, 3.8) is 0 Å². The van der Waals surface area contributed by atoms with E-state index >= 15 is 0 Å². The second-order valence-electron chi connectivity index (χ2n) is 4.54. The molecule has 1 N–H and O–H groups in total. The molecule has 4 rings (SSSR count). The van der Waals surface area contributed by atoms with E-state index in [4.69, 9.17) is 0 Å². The Morgan fingerprint density at radius 3 is 2.33 bits per heavy atom. The third kappa shape index (κ3) is 2.97. The highest BCUT2D eigenvalue weighted by Crippen LogP contribution is 2.20. The molecule has 0 amide bonds. The van der Waals surface area contributed by atoms with Crippen molar-refractivity contribution >= 4 is 11.0 Å². The van der Waals surface area contributed by atoms with Gasteiger partial charge < -0.3 is 4.98 Å². The van der Waals surface area contributed by atoms with Crippen LogP contribution < -0.4 is 0 Å². The van der Waals surface area contributed by atoms with Crippen molar-refractivity contribution in [2.45, 2.75) is 0 Å². The first-order valence-electron chi connectivity index (χ1n) is 6.63. The van der Waals surface area contributed by atoms with E-state index in [0.29, 0.717) is 0 Å². The fourth-order valence-corrected chi connectivity index (χ4v) is 2.00. The monoisotopic (exact) mass is 277 g/mol. The fourth-order valence-electron chi connectivity index (χ4n) is 2.00. The Kier molecular flexibility index (Phi) is 3.73. The number of benzene rings is 2. The molecule has 0 saturated carbocycles. The van der Waals surface area contributed by atoms with Crippen molar-refractivity contribution in [3.8, 4) is 11.3 Å². The number of nitrogens with one attached hydrogen (secondary N) is 1. The molecule has 104 valence electrons. The maximum Gasteiger partial charge on any atom is 0.113 e. The molecule has 0 aliphatic rings. The van der Waals surface area contributed by atoms with Gasteiger partial charge in [0.1, 0.15) is 5.52 Å². The molecule has 0 saturated heterocycles. The van der Waals surface area contributed by atoms with E-state index < -0.39 is 0 Å². The van der Waals surface area contributed by atoms with Gasteiger partial charge in [-0.3, -0.25) is 0 Å². The Balaban J connectivity index is 0.000000186. The number of imidazole rings is 1. The normalized spacial score (nSPS) is 10.1. The molecule has 0 aliphatic carbocycles. The Bertz CT molecular complexity index is 776. The van der Waals surface area contributed by atoms with Crippen molar-refractivity contribution < 1.29 is 0 Å². The van der Waals surface area contributed by atoms with Gasteiger partial charge in [-0.05, 0) is 12.1 Å². The van der Waals surface area contributed by atoms with E-state index in [1.54, 1.807) is 17.2 Å². The number of H-pyrrole nitrogens is 1. The average Bonchev–Trinajstić information content (AvgIpc) is 3.20. The zero-order valence-electron chi connectivity index (χ0n) is 11.6. The van der Waals surface area contributed by atoms with Crippen LogP contribution in [-0.2, 0) is 7.05 Å². The molecular formula is C16H15N5. The van der Waals surface area contributed by atoms with E-state index in [-0.39, 0.29) is 0 Å². The number of fused-ring (bicyclic) bond motifs is 1. The number of hydrogen-bond acceptors (Lipinski definition) is 3. The first-order chi connectivity index (χ1) is 10.3. The van der Waals surface area contributed by atoms with Crippen molar-refractivity contribution in [2.24, 2.45) is 7.05 Å². The lowest BCUT2D eigenvalue weighted by Crippen LogP contribution is -1.89. The van der Waals surface area contributed by atoms with E-state index in [1.165, 1.54) is 0 Å². The quantitative estimate of drug-likeness (QED) is 0.581. The van der Waals surface area contributed by atoms with Gasteiger partial charge in [0.05, 0.1) is 23.7 Å². The number of hydrogen-bond donors (Lipinski definition) is 1. The minimum Gasteiger partial charge on any atom is -0.345 e. The highest BCUT2D eigenvalue weighted by molar-refractivity contribution is 5.80. The van der Waals surface area contributed by atoms with Gasteiger partial charge in [0, 0.05) is 12.6 Å². The van der Waals surface area contributed by atoms with Gasteiger partial charge in [0.2, 0.25) is 0 Å². The van der Waals surface area contributed by atoms with Crippen LogP contribution in [0.25, 0.3) is 22.3 Å². The predicted octanol–water partition coefficient (Wildman–Crippen LogP) is 3.05. The van der Waals surface area contributed by atoms with E-state index in [1.807, 2.05) is 61.6 Å². The van der Waals surface area contributed by atoms with Crippen LogP contribution >= 0.6 is 0 Å². The minimum atomic E-state index is 0.903. The summed E-state index contributed by atoms with van der Waals surface area (Å²) >= 11 is 0. The van der Waals surface area contributed by atoms with Crippen LogP contribution in [0.3, 0.4) is 0 Å². The SMILES string of the molecule is Cn1nnc2ccc(-c3cnc[nH]3)cc21.c1ccccc1. The van der Waals surface area contributed by atoms with Gasteiger partial charge in [-0.25, -0.2) is 9.67 Å². The maximum absolute atomic E-state index is 4.03. The topological polar surface area (TPSA) is 59.4 Å².